The normalized spacial score (nSPS) is 16.6. The van der Waals surface area contributed by atoms with Gasteiger partial charge in [0, 0.05) is 5.02 Å². The molecular weight excluding hydrogens is 455 g/mol. The molecule has 1 amide bonds. The lowest BCUT2D eigenvalue weighted by Crippen LogP contribution is -2.51. The molecule has 0 aliphatic carbocycles. The monoisotopic (exact) mass is 474 g/mol. The summed E-state index contributed by atoms with van der Waals surface area (Å²) in [6, 6.07) is 17.8. The molecule has 32 heavy (non-hydrogen) atoms. The number of nitrogens with one attached hydrogen (secondary N) is 1. The topological polar surface area (TPSA) is 75.7 Å². The first-order chi connectivity index (χ1) is 15.3. The molecule has 1 aliphatic rings. The zero-order valence-corrected chi connectivity index (χ0v) is 18.6. The minimum absolute atomic E-state index is 0.0532. The number of anilines is 1. The van der Waals surface area contributed by atoms with Crippen LogP contribution in [0.4, 0.5) is 10.1 Å². The number of ether oxygens (including phenoxy) is 1. The van der Waals surface area contributed by atoms with Crippen LogP contribution in [0.5, 0.6) is 5.75 Å². The minimum Gasteiger partial charge on any atom is -0.476 e. The van der Waals surface area contributed by atoms with Crippen LogP contribution in [0.3, 0.4) is 0 Å². The van der Waals surface area contributed by atoms with Gasteiger partial charge in [0.05, 0.1) is 23.2 Å². The van der Waals surface area contributed by atoms with Crippen LogP contribution >= 0.6 is 11.6 Å². The van der Waals surface area contributed by atoms with Crippen LogP contribution < -0.4 is 14.4 Å². The molecule has 2 atom stereocenters. The fourth-order valence-corrected chi connectivity index (χ4v) is 5.04. The Morgan fingerprint density at radius 2 is 1.75 bits per heavy atom. The van der Waals surface area contributed by atoms with Gasteiger partial charge < -0.3 is 10.1 Å². The predicted octanol–water partition coefficient (Wildman–Crippen LogP) is 4.31. The predicted molar refractivity (Wildman–Crippen MR) is 120 cm³/mol. The Kier molecular flexibility index (Phi) is 6.08. The lowest BCUT2D eigenvalue weighted by Gasteiger charge is -2.35. The summed E-state index contributed by atoms with van der Waals surface area (Å²) in [7, 11) is -3.97. The molecule has 0 aromatic heterocycles. The Morgan fingerprint density at radius 3 is 2.44 bits per heavy atom. The van der Waals surface area contributed by atoms with E-state index in [4.69, 9.17) is 16.3 Å². The van der Waals surface area contributed by atoms with E-state index in [9.17, 15) is 17.6 Å². The number of hydrogen-bond donors (Lipinski definition) is 1. The van der Waals surface area contributed by atoms with Crippen molar-refractivity contribution in [1.82, 2.24) is 5.32 Å². The van der Waals surface area contributed by atoms with E-state index in [0.29, 0.717) is 16.3 Å². The number of carbonyl (C=O) groups is 1. The number of amides is 1. The van der Waals surface area contributed by atoms with Gasteiger partial charge in [-0.1, -0.05) is 35.9 Å². The van der Waals surface area contributed by atoms with Crippen LogP contribution in [0, 0.1) is 5.82 Å². The quantitative estimate of drug-likeness (QED) is 0.597. The van der Waals surface area contributed by atoms with E-state index in [1.54, 1.807) is 43.3 Å². The molecule has 1 aliphatic heterocycles. The summed E-state index contributed by atoms with van der Waals surface area (Å²) in [5.74, 6) is -0.568. The Labute approximate surface area is 190 Å². The van der Waals surface area contributed by atoms with Crippen LogP contribution in [-0.2, 0) is 14.8 Å². The number of rotatable bonds is 5. The van der Waals surface area contributed by atoms with E-state index in [0.717, 1.165) is 0 Å². The zero-order valence-electron chi connectivity index (χ0n) is 17.0. The fourth-order valence-electron chi connectivity index (χ4n) is 3.44. The van der Waals surface area contributed by atoms with E-state index in [-0.39, 0.29) is 23.0 Å². The second-order valence-electron chi connectivity index (χ2n) is 7.35. The van der Waals surface area contributed by atoms with Crippen molar-refractivity contribution < 1.29 is 22.3 Å². The number of sulfonamides is 1. The van der Waals surface area contributed by atoms with Crippen molar-refractivity contribution in [3.63, 3.8) is 0 Å². The number of nitrogens with zero attached hydrogens (tertiary/aromatic N) is 1. The van der Waals surface area contributed by atoms with Crippen molar-refractivity contribution in [2.75, 3.05) is 10.8 Å². The number of para-hydroxylation sites is 2. The first kappa shape index (κ1) is 22.1. The summed E-state index contributed by atoms with van der Waals surface area (Å²) in [6.45, 7) is 1.55. The number of hydrogen-bond acceptors (Lipinski definition) is 4. The van der Waals surface area contributed by atoms with Crippen molar-refractivity contribution >= 4 is 33.2 Å². The van der Waals surface area contributed by atoms with E-state index < -0.39 is 28.1 Å². The van der Waals surface area contributed by atoms with Gasteiger partial charge in [0.25, 0.3) is 15.9 Å². The first-order valence-corrected chi connectivity index (χ1v) is 11.7. The molecule has 3 aromatic carbocycles. The van der Waals surface area contributed by atoms with Crippen molar-refractivity contribution in [1.29, 1.82) is 0 Å². The lowest BCUT2D eigenvalue weighted by molar-refractivity contribution is -0.128. The van der Waals surface area contributed by atoms with Gasteiger partial charge in [0.2, 0.25) is 0 Å². The fraction of sp³-hybridized carbons (Fsp3) is 0.174. The zero-order chi connectivity index (χ0) is 22.9. The first-order valence-electron chi connectivity index (χ1n) is 9.85. The smallest absolute Gasteiger partial charge is 0.264 e. The maximum Gasteiger partial charge on any atom is 0.264 e. The Morgan fingerprint density at radius 1 is 1.09 bits per heavy atom. The van der Waals surface area contributed by atoms with Crippen molar-refractivity contribution in [3.05, 3.63) is 89.2 Å². The SMILES string of the molecule is C[C@H](NC(=O)[C@@H]1CN(S(=O)(=O)c2ccc(Cl)cc2)c2ccccc2O1)c1ccc(F)cc1. The van der Waals surface area contributed by atoms with Crippen LogP contribution in [0.2, 0.25) is 5.02 Å². The summed E-state index contributed by atoms with van der Waals surface area (Å²) >= 11 is 5.90. The maximum atomic E-state index is 13.4. The molecular formula is C23H20ClFN2O4S. The second kappa shape index (κ2) is 8.80. The van der Waals surface area contributed by atoms with Gasteiger partial charge in [0.1, 0.15) is 11.6 Å². The Bertz CT molecular complexity index is 1230. The highest BCUT2D eigenvalue weighted by Crippen LogP contribution is 2.37. The molecule has 0 saturated carbocycles. The molecule has 0 unspecified atom stereocenters. The highest BCUT2D eigenvalue weighted by Gasteiger charge is 2.37. The van der Waals surface area contributed by atoms with Gasteiger partial charge in [-0.3, -0.25) is 9.10 Å². The van der Waals surface area contributed by atoms with Crippen LogP contribution in [0.15, 0.2) is 77.7 Å². The molecule has 0 saturated heterocycles. The summed E-state index contributed by atoms with van der Waals surface area (Å²) in [5, 5.41) is 3.23. The van der Waals surface area contributed by atoms with Gasteiger partial charge in [0.15, 0.2) is 6.10 Å². The van der Waals surface area contributed by atoms with Gasteiger partial charge >= 0.3 is 0 Å². The molecule has 4 rings (SSSR count). The molecule has 3 aromatic rings. The molecule has 9 heteroatoms. The number of carbonyl (C=O) groups excluding carboxylic acids is 1. The molecule has 0 fully saturated rings. The lowest BCUT2D eigenvalue weighted by atomic mass is 10.1. The van der Waals surface area contributed by atoms with Crippen molar-refractivity contribution in [2.45, 2.75) is 24.0 Å². The summed E-state index contributed by atoms with van der Waals surface area (Å²) in [5.41, 5.74) is 1.06. The molecule has 1 N–H and O–H groups in total. The maximum absolute atomic E-state index is 13.4. The second-order valence-corrected chi connectivity index (χ2v) is 9.64. The highest BCUT2D eigenvalue weighted by molar-refractivity contribution is 7.92. The van der Waals surface area contributed by atoms with Gasteiger partial charge in [-0.05, 0) is 61.0 Å². The number of benzene rings is 3. The number of halogens is 2. The summed E-state index contributed by atoms with van der Waals surface area (Å²) < 4.78 is 46.9. The average Bonchev–Trinajstić information content (AvgIpc) is 2.79. The van der Waals surface area contributed by atoms with E-state index in [1.807, 2.05) is 0 Å². The molecule has 166 valence electrons. The van der Waals surface area contributed by atoms with Crippen molar-refractivity contribution in [3.8, 4) is 5.75 Å². The van der Waals surface area contributed by atoms with Gasteiger partial charge in [-0.2, -0.15) is 0 Å². The average molecular weight is 475 g/mol. The molecule has 6 nitrogen and oxygen atoms in total. The molecule has 1 heterocycles. The largest absolute Gasteiger partial charge is 0.476 e. The summed E-state index contributed by atoms with van der Waals surface area (Å²) in [4.78, 5) is 13.0. The Balaban J connectivity index is 1.61. The van der Waals surface area contributed by atoms with Crippen LogP contribution in [0.25, 0.3) is 0 Å². The number of fused-ring (bicyclic) bond motifs is 1. The van der Waals surface area contributed by atoms with E-state index in [1.165, 1.54) is 40.7 Å². The minimum atomic E-state index is -3.97. The third-order valence-corrected chi connectivity index (χ3v) is 7.20. The van der Waals surface area contributed by atoms with Crippen LogP contribution in [0.1, 0.15) is 18.5 Å². The highest BCUT2D eigenvalue weighted by atomic mass is 35.5. The van der Waals surface area contributed by atoms with Crippen LogP contribution in [-0.4, -0.2) is 27.0 Å². The van der Waals surface area contributed by atoms with Gasteiger partial charge in [-0.15, -0.1) is 0 Å². The molecule has 0 spiro atoms. The molecule has 0 radical (unpaired) electrons. The summed E-state index contributed by atoms with van der Waals surface area (Å²) in [6.07, 6.45) is -1.07. The standard InChI is InChI=1S/C23H20ClFN2O4S/c1-15(16-6-10-18(25)11-7-16)26-23(28)22-14-27(20-4-2-3-5-21(20)31-22)32(29,30)19-12-8-17(24)9-13-19/h2-13,15,22H,14H2,1H3,(H,26,28)/t15-,22-/m0/s1. The molecule has 0 bridgehead atoms. The third-order valence-electron chi connectivity index (χ3n) is 5.16. The Hall–Kier alpha value is -3.10. The van der Waals surface area contributed by atoms with E-state index in [2.05, 4.69) is 5.32 Å². The van der Waals surface area contributed by atoms with Crippen molar-refractivity contribution in [2.24, 2.45) is 0 Å². The van der Waals surface area contributed by atoms with E-state index >= 15 is 0 Å². The van der Waals surface area contributed by atoms with Gasteiger partial charge in [-0.25, -0.2) is 12.8 Å². The third kappa shape index (κ3) is 4.42.